The summed E-state index contributed by atoms with van der Waals surface area (Å²) in [6.45, 7) is 6.81. The van der Waals surface area contributed by atoms with Crippen molar-refractivity contribution in [3.8, 4) is 11.4 Å². The lowest BCUT2D eigenvalue weighted by Crippen LogP contribution is -2.43. The van der Waals surface area contributed by atoms with Crippen LogP contribution in [0.2, 0.25) is 0 Å². The second kappa shape index (κ2) is 12.6. The predicted molar refractivity (Wildman–Crippen MR) is 138 cm³/mol. The first-order valence-corrected chi connectivity index (χ1v) is 13.0. The Morgan fingerprint density at radius 3 is 2.46 bits per heavy atom. The fourth-order valence-corrected chi connectivity index (χ4v) is 4.53. The van der Waals surface area contributed by atoms with E-state index in [1.54, 1.807) is 56.7 Å². The van der Waals surface area contributed by atoms with Gasteiger partial charge < -0.3 is 14.0 Å². The number of hydrogen-bond acceptors (Lipinski definition) is 7. The summed E-state index contributed by atoms with van der Waals surface area (Å²) in [5.74, 6) is -1.19. The summed E-state index contributed by atoms with van der Waals surface area (Å²) in [5.41, 5.74) is 3.84. The molecule has 0 saturated heterocycles. The van der Waals surface area contributed by atoms with Crippen molar-refractivity contribution in [3.63, 3.8) is 0 Å². The van der Waals surface area contributed by atoms with Gasteiger partial charge in [0.25, 0.3) is 5.91 Å². The summed E-state index contributed by atoms with van der Waals surface area (Å²) in [6.07, 6.45) is 7.56. The Morgan fingerprint density at radius 2 is 1.86 bits per heavy atom. The molecule has 0 fully saturated rings. The van der Waals surface area contributed by atoms with Crippen LogP contribution in [0.25, 0.3) is 5.69 Å². The highest BCUT2D eigenvalue weighted by Gasteiger charge is 2.28. The van der Waals surface area contributed by atoms with Crippen LogP contribution >= 0.6 is 0 Å². The molecule has 1 amide bonds. The van der Waals surface area contributed by atoms with Gasteiger partial charge in [-0.15, -0.1) is 6.58 Å². The fourth-order valence-electron chi connectivity index (χ4n) is 3.15. The smallest absolute Gasteiger partial charge is 0.258 e. The SMILES string of the molecule is C=CCCOc1ccc(S(=O)(=O)N(CC(=O)NOC(C)(C)OC)Cc2ccc(-n3ccnc3)cc2)cc1. The molecule has 0 spiro atoms. The maximum absolute atomic E-state index is 13.6. The van der Waals surface area contributed by atoms with Gasteiger partial charge in [-0.2, -0.15) is 4.31 Å². The van der Waals surface area contributed by atoms with Gasteiger partial charge in [-0.1, -0.05) is 18.2 Å². The molecule has 2 aromatic carbocycles. The third kappa shape index (κ3) is 7.99. The number of amides is 1. The topological polar surface area (TPSA) is 112 Å². The summed E-state index contributed by atoms with van der Waals surface area (Å²) in [6, 6.07) is 13.4. The van der Waals surface area contributed by atoms with Crippen LogP contribution in [-0.2, 0) is 30.9 Å². The molecule has 0 aliphatic carbocycles. The number of hydrogen-bond donors (Lipinski definition) is 1. The molecule has 0 unspecified atom stereocenters. The highest BCUT2D eigenvalue weighted by Crippen LogP contribution is 2.22. The minimum absolute atomic E-state index is 0.0320. The van der Waals surface area contributed by atoms with Crippen molar-refractivity contribution in [3.05, 3.63) is 85.5 Å². The highest BCUT2D eigenvalue weighted by atomic mass is 32.2. The van der Waals surface area contributed by atoms with Crippen LogP contribution in [0.5, 0.6) is 5.75 Å². The lowest BCUT2D eigenvalue weighted by Gasteiger charge is -2.25. The number of nitrogens with zero attached hydrogens (tertiary/aromatic N) is 3. The van der Waals surface area contributed by atoms with E-state index in [0.29, 0.717) is 24.3 Å². The first-order chi connectivity index (χ1) is 17.6. The number of carbonyl (C=O) groups is 1. The molecule has 0 aliphatic rings. The minimum atomic E-state index is -4.05. The van der Waals surface area contributed by atoms with Crippen LogP contribution in [0.3, 0.4) is 0 Å². The van der Waals surface area contributed by atoms with Gasteiger partial charge in [0, 0.05) is 31.7 Å². The number of sulfonamides is 1. The van der Waals surface area contributed by atoms with Crippen LogP contribution in [-0.4, -0.2) is 54.2 Å². The summed E-state index contributed by atoms with van der Waals surface area (Å²) in [4.78, 5) is 22.0. The van der Waals surface area contributed by atoms with Crippen molar-refractivity contribution < 1.29 is 27.5 Å². The monoisotopic (exact) mass is 528 g/mol. The number of imidazole rings is 1. The zero-order valence-corrected chi connectivity index (χ0v) is 22.0. The highest BCUT2D eigenvalue weighted by molar-refractivity contribution is 7.89. The summed E-state index contributed by atoms with van der Waals surface area (Å²) < 4.78 is 40.8. The molecular weight excluding hydrogens is 496 g/mol. The molecule has 1 heterocycles. The minimum Gasteiger partial charge on any atom is -0.493 e. The van der Waals surface area contributed by atoms with Crippen molar-refractivity contribution in [2.24, 2.45) is 0 Å². The number of rotatable bonds is 14. The molecule has 10 nitrogen and oxygen atoms in total. The van der Waals surface area contributed by atoms with Crippen LogP contribution in [0, 0.1) is 0 Å². The van der Waals surface area contributed by atoms with Gasteiger partial charge in [0.1, 0.15) is 5.75 Å². The average molecular weight is 529 g/mol. The van der Waals surface area contributed by atoms with Gasteiger partial charge >= 0.3 is 0 Å². The number of benzene rings is 2. The Morgan fingerprint density at radius 1 is 1.16 bits per heavy atom. The van der Waals surface area contributed by atoms with E-state index in [9.17, 15) is 13.2 Å². The predicted octanol–water partition coefficient (Wildman–Crippen LogP) is 3.45. The molecule has 0 aliphatic heterocycles. The van der Waals surface area contributed by atoms with Crippen LogP contribution in [0.15, 0.2) is 84.8 Å². The molecule has 3 aromatic rings. The Balaban J connectivity index is 1.81. The van der Waals surface area contributed by atoms with E-state index in [1.165, 1.54) is 19.2 Å². The molecule has 198 valence electrons. The lowest BCUT2D eigenvalue weighted by atomic mass is 10.2. The van der Waals surface area contributed by atoms with Crippen molar-refractivity contribution in [2.45, 2.75) is 37.5 Å². The standard InChI is InChI=1S/C26H32N4O6S/c1-5-6-17-35-23-11-13-24(14-12-23)37(32,33)30(19-25(31)28-36-26(2,3)34-4)18-21-7-9-22(10-8-21)29-16-15-27-20-29/h5,7-16,20H,1,6,17-19H2,2-4H3,(H,28,31). The van der Waals surface area contributed by atoms with E-state index >= 15 is 0 Å². The van der Waals surface area contributed by atoms with E-state index in [4.69, 9.17) is 14.3 Å². The Hall–Kier alpha value is -3.51. The van der Waals surface area contributed by atoms with Crippen LogP contribution in [0.1, 0.15) is 25.8 Å². The molecule has 37 heavy (non-hydrogen) atoms. The first-order valence-electron chi connectivity index (χ1n) is 11.6. The van der Waals surface area contributed by atoms with E-state index in [-0.39, 0.29) is 11.4 Å². The van der Waals surface area contributed by atoms with Gasteiger partial charge in [0.05, 0.1) is 24.4 Å². The molecule has 0 radical (unpaired) electrons. The Labute approximate surface area is 217 Å². The van der Waals surface area contributed by atoms with Gasteiger partial charge in [0.15, 0.2) is 5.79 Å². The van der Waals surface area contributed by atoms with E-state index in [0.717, 1.165) is 9.99 Å². The molecule has 0 saturated carbocycles. The zero-order chi connectivity index (χ0) is 26.9. The normalized spacial score (nSPS) is 11.9. The number of aromatic nitrogens is 2. The third-order valence-corrected chi connectivity index (χ3v) is 7.18. The summed E-state index contributed by atoms with van der Waals surface area (Å²) in [5, 5.41) is 0. The van der Waals surface area contributed by atoms with E-state index < -0.39 is 28.3 Å². The second-order valence-electron chi connectivity index (χ2n) is 8.54. The number of carbonyl (C=O) groups excluding carboxylic acids is 1. The largest absolute Gasteiger partial charge is 0.493 e. The van der Waals surface area contributed by atoms with E-state index in [2.05, 4.69) is 17.0 Å². The van der Waals surface area contributed by atoms with Gasteiger partial charge in [-0.3, -0.25) is 4.79 Å². The summed E-state index contributed by atoms with van der Waals surface area (Å²) >= 11 is 0. The van der Waals surface area contributed by atoms with Gasteiger partial charge in [-0.25, -0.2) is 23.7 Å². The molecule has 1 N–H and O–H groups in total. The molecule has 0 bridgehead atoms. The van der Waals surface area contributed by atoms with Gasteiger partial charge in [-0.05, 0) is 62.2 Å². The van der Waals surface area contributed by atoms with Crippen molar-refractivity contribution in [1.82, 2.24) is 19.3 Å². The quantitative estimate of drug-likeness (QED) is 0.148. The third-order valence-electron chi connectivity index (χ3n) is 5.37. The van der Waals surface area contributed by atoms with E-state index in [1.807, 2.05) is 22.9 Å². The van der Waals surface area contributed by atoms with Crippen molar-refractivity contribution in [2.75, 3.05) is 20.3 Å². The molecule has 11 heteroatoms. The maximum Gasteiger partial charge on any atom is 0.258 e. The Kier molecular flexibility index (Phi) is 9.59. The average Bonchev–Trinajstić information content (AvgIpc) is 3.43. The molecular formula is C26H32N4O6S. The first kappa shape index (κ1) is 28.1. The molecule has 1 aromatic heterocycles. The number of hydroxylamine groups is 1. The fraction of sp³-hybridized carbons (Fsp3) is 0.308. The maximum atomic E-state index is 13.6. The molecule has 0 atom stereocenters. The second-order valence-corrected chi connectivity index (χ2v) is 10.5. The van der Waals surface area contributed by atoms with Crippen molar-refractivity contribution >= 4 is 15.9 Å². The van der Waals surface area contributed by atoms with Crippen molar-refractivity contribution in [1.29, 1.82) is 0 Å². The molecule has 3 rings (SSSR count). The Bertz CT molecular complexity index is 1260. The zero-order valence-electron chi connectivity index (χ0n) is 21.2. The lowest BCUT2D eigenvalue weighted by molar-refractivity contribution is -0.231. The number of nitrogens with one attached hydrogen (secondary N) is 1. The summed E-state index contributed by atoms with van der Waals surface area (Å²) in [7, 11) is -2.62. The van der Waals surface area contributed by atoms with Crippen LogP contribution < -0.4 is 10.2 Å². The van der Waals surface area contributed by atoms with Crippen LogP contribution in [0.4, 0.5) is 0 Å². The number of methoxy groups -OCH3 is 1. The number of ether oxygens (including phenoxy) is 2. The van der Waals surface area contributed by atoms with Gasteiger partial charge in [0.2, 0.25) is 10.0 Å².